The number of nitrogens with one attached hydrogen (secondary N) is 1. The van der Waals surface area contributed by atoms with Crippen LogP contribution in [0.5, 0.6) is 5.88 Å². The zero-order valence-corrected chi connectivity index (χ0v) is 14.9. The third kappa shape index (κ3) is 3.16. The molecule has 3 aromatic rings. The van der Waals surface area contributed by atoms with E-state index >= 15 is 0 Å². The highest BCUT2D eigenvalue weighted by molar-refractivity contribution is 7.99. The normalized spacial score (nSPS) is 10.5. The zero-order valence-electron chi connectivity index (χ0n) is 14.1. The summed E-state index contributed by atoms with van der Waals surface area (Å²) >= 11 is 1.50. The smallest absolute Gasteiger partial charge is 0.223 e. The van der Waals surface area contributed by atoms with Crippen molar-refractivity contribution in [2.45, 2.75) is 13.8 Å². The number of aryl methyl sites for hydroxylation is 2. The Bertz CT molecular complexity index is 957. The maximum Gasteiger partial charge on any atom is 0.223 e. The fourth-order valence-electron chi connectivity index (χ4n) is 2.60. The van der Waals surface area contributed by atoms with Gasteiger partial charge in [0.15, 0.2) is 5.82 Å². The Balaban J connectivity index is 2.05. The molecule has 6 nitrogen and oxygen atoms in total. The van der Waals surface area contributed by atoms with Crippen molar-refractivity contribution < 1.29 is 5.11 Å². The highest BCUT2D eigenvalue weighted by atomic mass is 32.2. The predicted molar refractivity (Wildman–Crippen MR) is 99.8 cm³/mol. The van der Waals surface area contributed by atoms with Crippen LogP contribution in [0.3, 0.4) is 0 Å². The van der Waals surface area contributed by atoms with Gasteiger partial charge in [-0.3, -0.25) is 0 Å². The highest BCUT2D eigenvalue weighted by Gasteiger charge is 2.18. The zero-order chi connectivity index (χ0) is 18.0. The average Bonchev–Trinajstić information content (AvgIpc) is 2.91. The van der Waals surface area contributed by atoms with Crippen molar-refractivity contribution in [1.82, 2.24) is 14.8 Å². The molecule has 0 atom stereocenters. The van der Waals surface area contributed by atoms with Gasteiger partial charge in [0.2, 0.25) is 5.88 Å². The Labute approximate surface area is 150 Å². The quantitative estimate of drug-likeness (QED) is 0.695. The van der Waals surface area contributed by atoms with Gasteiger partial charge in [-0.1, -0.05) is 24.1 Å². The number of benzene rings is 1. The molecule has 0 saturated heterocycles. The number of aromatic hydroxyl groups is 1. The second kappa shape index (κ2) is 6.87. The van der Waals surface area contributed by atoms with Gasteiger partial charge in [-0.15, -0.1) is 0 Å². The molecule has 0 radical (unpaired) electrons. The van der Waals surface area contributed by atoms with Crippen molar-refractivity contribution in [3.05, 3.63) is 53.3 Å². The van der Waals surface area contributed by atoms with Crippen molar-refractivity contribution in [1.29, 1.82) is 5.26 Å². The fourth-order valence-corrected chi connectivity index (χ4v) is 3.03. The molecule has 126 valence electrons. The number of nitrogens with zero attached hydrogens (tertiary/aromatic N) is 4. The van der Waals surface area contributed by atoms with Crippen molar-refractivity contribution in [2.75, 3.05) is 11.0 Å². The standard InChI is InChI=1S/C18H17N5OS/c1-11-8-16(20-10-15(11)22-25-3)23-18(24)17(12(2)21-23)14-6-4-13(9-19)5-7-14/h4-8,10,22,24H,1-3H3. The largest absolute Gasteiger partial charge is 0.493 e. The molecule has 0 unspecified atom stereocenters. The molecule has 2 heterocycles. The molecule has 0 bridgehead atoms. The third-order valence-electron chi connectivity index (χ3n) is 3.86. The monoisotopic (exact) mass is 351 g/mol. The number of anilines is 1. The van der Waals surface area contributed by atoms with Crippen LogP contribution in [-0.4, -0.2) is 26.1 Å². The molecule has 0 amide bonds. The minimum absolute atomic E-state index is 0.0275. The van der Waals surface area contributed by atoms with Crippen LogP contribution in [0.1, 0.15) is 16.8 Å². The van der Waals surface area contributed by atoms with E-state index in [4.69, 9.17) is 5.26 Å². The lowest BCUT2D eigenvalue weighted by Gasteiger charge is -2.09. The first kappa shape index (κ1) is 16.9. The van der Waals surface area contributed by atoms with Crippen molar-refractivity contribution >= 4 is 17.6 Å². The van der Waals surface area contributed by atoms with Crippen LogP contribution in [0.4, 0.5) is 5.69 Å². The van der Waals surface area contributed by atoms with E-state index in [1.54, 1.807) is 30.5 Å². The van der Waals surface area contributed by atoms with Crippen molar-refractivity contribution in [3.8, 4) is 28.9 Å². The minimum atomic E-state index is 0.0275. The minimum Gasteiger partial charge on any atom is -0.493 e. The lowest BCUT2D eigenvalue weighted by molar-refractivity contribution is 0.433. The molecule has 7 heteroatoms. The maximum atomic E-state index is 10.7. The Morgan fingerprint density at radius 3 is 2.56 bits per heavy atom. The first-order valence-electron chi connectivity index (χ1n) is 7.60. The van der Waals surface area contributed by atoms with E-state index in [9.17, 15) is 5.11 Å². The third-order valence-corrected chi connectivity index (χ3v) is 4.29. The molecule has 2 N–H and O–H groups in total. The first-order valence-corrected chi connectivity index (χ1v) is 8.82. The number of hydrogen-bond donors (Lipinski definition) is 2. The molecule has 0 aliphatic rings. The number of pyridine rings is 1. The van der Waals surface area contributed by atoms with Gasteiger partial charge in [-0.2, -0.15) is 15.0 Å². The van der Waals surface area contributed by atoms with Crippen molar-refractivity contribution in [2.24, 2.45) is 0 Å². The molecule has 0 saturated carbocycles. The highest BCUT2D eigenvalue weighted by Crippen LogP contribution is 2.34. The SMILES string of the molecule is CSNc1cnc(-n2nc(C)c(-c3ccc(C#N)cc3)c2O)cc1C. The van der Waals surface area contributed by atoms with Gasteiger partial charge < -0.3 is 9.83 Å². The topological polar surface area (TPSA) is 86.8 Å². The van der Waals surface area contributed by atoms with Crippen molar-refractivity contribution in [3.63, 3.8) is 0 Å². The fraction of sp³-hybridized carbons (Fsp3) is 0.167. The van der Waals surface area contributed by atoms with E-state index in [1.807, 2.05) is 26.2 Å². The Morgan fingerprint density at radius 2 is 1.96 bits per heavy atom. The lowest BCUT2D eigenvalue weighted by Crippen LogP contribution is -2.01. The van der Waals surface area contributed by atoms with E-state index < -0.39 is 0 Å². The van der Waals surface area contributed by atoms with Crippen LogP contribution >= 0.6 is 11.9 Å². The molecular weight excluding hydrogens is 334 g/mol. The summed E-state index contributed by atoms with van der Waals surface area (Å²) in [4.78, 5) is 4.39. The van der Waals surface area contributed by atoms with Gasteiger partial charge >= 0.3 is 0 Å². The number of rotatable bonds is 4. The van der Waals surface area contributed by atoms with E-state index in [0.717, 1.165) is 16.8 Å². The summed E-state index contributed by atoms with van der Waals surface area (Å²) in [6.45, 7) is 3.80. The van der Waals surface area contributed by atoms with Crippen LogP contribution in [0.15, 0.2) is 36.5 Å². The van der Waals surface area contributed by atoms with Crippen LogP contribution in [-0.2, 0) is 0 Å². The van der Waals surface area contributed by atoms with Crippen LogP contribution in [0.25, 0.3) is 16.9 Å². The van der Waals surface area contributed by atoms with Gasteiger partial charge in [-0.05, 0) is 43.2 Å². The number of aromatic nitrogens is 3. The molecular formula is C18H17N5OS. The van der Waals surface area contributed by atoms with E-state index in [-0.39, 0.29) is 5.88 Å². The Morgan fingerprint density at radius 1 is 1.24 bits per heavy atom. The van der Waals surface area contributed by atoms with Gasteiger partial charge in [0, 0.05) is 6.26 Å². The second-order valence-electron chi connectivity index (χ2n) is 5.55. The summed E-state index contributed by atoms with van der Waals surface area (Å²) in [5, 5.41) is 24.0. The molecule has 2 aromatic heterocycles. The second-order valence-corrected chi connectivity index (χ2v) is 6.16. The molecule has 0 spiro atoms. The van der Waals surface area contributed by atoms with E-state index in [2.05, 4.69) is 20.9 Å². The summed E-state index contributed by atoms with van der Waals surface area (Å²) in [5.74, 6) is 0.573. The lowest BCUT2D eigenvalue weighted by atomic mass is 10.0. The molecule has 0 fully saturated rings. The maximum absolute atomic E-state index is 10.7. The van der Waals surface area contributed by atoms with E-state index in [0.29, 0.717) is 22.6 Å². The first-order chi connectivity index (χ1) is 12.0. The molecule has 0 aliphatic heterocycles. The summed E-state index contributed by atoms with van der Waals surface area (Å²) in [5.41, 5.74) is 4.63. The van der Waals surface area contributed by atoms with Gasteiger partial charge in [0.25, 0.3) is 0 Å². The van der Waals surface area contributed by atoms with Gasteiger partial charge in [0.1, 0.15) is 0 Å². The predicted octanol–water partition coefficient (Wildman–Crippen LogP) is 3.82. The summed E-state index contributed by atoms with van der Waals surface area (Å²) in [6, 6.07) is 11.0. The molecule has 25 heavy (non-hydrogen) atoms. The molecule has 0 aliphatic carbocycles. The number of hydrogen-bond acceptors (Lipinski definition) is 6. The summed E-state index contributed by atoms with van der Waals surface area (Å²) in [7, 11) is 0. The summed E-state index contributed by atoms with van der Waals surface area (Å²) in [6.07, 6.45) is 3.67. The van der Waals surface area contributed by atoms with Crippen LogP contribution in [0.2, 0.25) is 0 Å². The number of nitriles is 1. The Kier molecular flexibility index (Phi) is 4.63. The van der Waals surface area contributed by atoms with Gasteiger partial charge in [-0.25, -0.2) is 4.98 Å². The summed E-state index contributed by atoms with van der Waals surface area (Å²) < 4.78 is 4.59. The average molecular weight is 351 g/mol. The Hall–Kier alpha value is -2.98. The molecule has 1 aromatic carbocycles. The van der Waals surface area contributed by atoms with E-state index in [1.165, 1.54) is 16.6 Å². The van der Waals surface area contributed by atoms with Gasteiger partial charge in [0.05, 0.1) is 34.8 Å². The molecule has 3 rings (SSSR count). The van der Waals surface area contributed by atoms with Crippen LogP contribution in [0, 0.1) is 25.2 Å². The van der Waals surface area contributed by atoms with Crippen LogP contribution < -0.4 is 4.72 Å².